The quantitative estimate of drug-likeness (QED) is 0.695. The van der Waals surface area contributed by atoms with Gasteiger partial charge in [0.15, 0.2) is 0 Å². The van der Waals surface area contributed by atoms with Crippen LogP contribution in [0.15, 0.2) is 0 Å². The molecule has 88 valence electrons. The summed E-state index contributed by atoms with van der Waals surface area (Å²) in [5.41, 5.74) is 5.76. The summed E-state index contributed by atoms with van der Waals surface area (Å²) in [7, 11) is 0. The third kappa shape index (κ3) is 3.18. The Hall–Kier alpha value is -0.610. The first-order valence-corrected chi connectivity index (χ1v) is 5.48. The molecule has 0 aliphatic carbocycles. The maximum Gasteiger partial charge on any atom is 0.240 e. The number of nitrogens with zero attached hydrogens (tertiary/aromatic N) is 1. The smallest absolute Gasteiger partial charge is 0.240 e. The third-order valence-corrected chi connectivity index (χ3v) is 2.75. The molecule has 1 unspecified atom stereocenters. The van der Waals surface area contributed by atoms with Crippen LogP contribution < -0.4 is 5.73 Å². The molecule has 1 rings (SSSR count). The molecule has 1 amide bonds. The van der Waals surface area contributed by atoms with Gasteiger partial charge in [0.05, 0.1) is 18.8 Å². The lowest BCUT2D eigenvalue weighted by molar-refractivity contribution is -0.141. The van der Waals surface area contributed by atoms with E-state index in [-0.39, 0.29) is 17.4 Å². The first-order chi connectivity index (χ1) is 6.82. The molecule has 1 fully saturated rings. The number of hydrogen-bond acceptors (Lipinski definition) is 3. The van der Waals surface area contributed by atoms with Gasteiger partial charge in [-0.05, 0) is 12.3 Å². The normalized spacial score (nSPS) is 25.1. The van der Waals surface area contributed by atoms with Crippen LogP contribution in [-0.2, 0) is 9.53 Å². The predicted octanol–water partition coefficient (Wildman–Crippen LogP) is 0.607. The van der Waals surface area contributed by atoms with Gasteiger partial charge in [-0.25, -0.2) is 0 Å². The SMILES string of the molecule is CC1CN(C(=O)[C@@H](N)C(C)(C)C)CCO1. The second-order valence-electron chi connectivity index (χ2n) is 5.31. The Morgan fingerprint density at radius 2 is 2.13 bits per heavy atom. The zero-order valence-electron chi connectivity index (χ0n) is 10.1. The molecule has 0 aromatic carbocycles. The van der Waals surface area contributed by atoms with Crippen molar-refractivity contribution in [2.75, 3.05) is 19.7 Å². The Balaban J connectivity index is 2.60. The van der Waals surface area contributed by atoms with Crippen LogP contribution in [0.2, 0.25) is 0 Å². The summed E-state index contributed by atoms with van der Waals surface area (Å²) < 4.78 is 5.39. The Morgan fingerprint density at radius 1 is 1.53 bits per heavy atom. The van der Waals surface area contributed by atoms with E-state index in [1.54, 1.807) is 0 Å². The minimum absolute atomic E-state index is 0.0395. The van der Waals surface area contributed by atoms with Crippen molar-refractivity contribution in [2.45, 2.75) is 39.8 Å². The summed E-state index contributed by atoms with van der Waals surface area (Å²) in [5.74, 6) is 0.0395. The Bertz CT molecular complexity index is 235. The van der Waals surface area contributed by atoms with Gasteiger partial charge >= 0.3 is 0 Å². The first kappa shape index (κ1) is 12.5. The summed E-state index contributed by atoms with van der Waals surface area (Å²) in [6.07, 6.45) is 0.120. The standard InChI is InChI=1S/C11H22N2O2/c1-8-7-13(5-6-15-8)10(14)9(12)11(2,3)4/h8-9H,5-7,12H2,1-4H3/t8?,9-/m1/s1. The van der Waals surface area contributed by atoms with E-state index < -0.39 is 6.04 Å². The molecule has 15 heavy (non-hydrogen) atoms. The lowest BCUT2D eigenvalue weighted by Gasteiger charge is -2.36. The van der Waals surface area contributed by atoms with E-state index in [1.165, 1.54) is 0 Å². The second kappa shape index (κ2) is 4.49. The monoisotopic (exact) mass is 214 g/mol. The van der Waals surface area contributed by atoms with E-state index in [9.17, 15) is 4.79 Å². The van der Waals surface area contributed by atoms with Crippen molar-refractivity contribution < 1.29 is 9.53 Å². The molecule has 4 heteroatoms. The molecule has 0 saturated carbocycles. The van der Waals surface area contributed by atoms with Crippen LogP contribution in [0, 0.1) is 5.41 Å². The molecule has 0 spiro atoms. The average molecular weight is 214 g/mol. The molecule has 1 heterocycles. The van der Waals surface area contributed by atoms with Gasteiger partial charge in [-0.15, -0.1) is 0 Å². The van der Waals surface area contributed by atoms with E-state index in [2.05, 4.69) is 0 Å². The summed E-state index contributed by atoms with van der Waals surface area (Å²) in [6, 6.07) is -0.428. The minimum atomic E-state index is -0.428. The molecule has 0 aromatic heterocycles. The van der Waals surface area contributed by atoms with Gasteiger partial charge < -0.3 is 15.4 Å². The van der Waals surface area contributed by atoms with Gasteiger partial charge in [0.1, 0.15) is 0 Å². The fourth-order valence-electron chi connectivity index (χ4n) is 1.59. The maximum atomic E-state index is 12.0. The molecule has 2 atom stereocenters. The zero-order valence-corrected chi connectivity index (χ0v) is 10.1. The van der Waals surface area contributed by atoms with Crippen molar-refractivity contribution in [1.82, 2.24) is 4.90 Å². The zero-order chi connectivity index (χ0) is 11.6. The largest absolute Gasteiger partial charge is 0.375 e. The Labute approximate surface area is 91.8 Å². The number of morpholine rings is 1. The van der Waals surface area contributed by atoms with Crippen molar-refractivity contribution in [3.8, 4) is 0 Å². The highest BCUT2D eigenvalue weighted by atomic mass is 16.5. The minimum Gasteiger partial charge on any atom is -0.375 e. The Kier molecular flexibility index (Phi) is 3.73. The molecule has 1 saturated heterocycles. The summed E-state index contributed by atoms with van der Waals surface area (Å²) in [5, 5.41) is 0. The van der Waals surface area contributed by atoms with E-state index in [4.69, 9.17) is 10.5 Å². The highest BCUT2D eigenvalue weighted by molar-refractivity contribution is 5.82. The van der Waals surface area contributed by atoms with Crippen molar-refractivity contribution in [2.24, 2.45) is 11.1 Å². The van der Waals surface area contributed by atoms with Gasteiger partial charge in [0.2, 0.25) is 5.91 Å². The molecule has 0 radical (unpaired) electrons. The van der Waals surface area contributed by atoms with Crippen LogP contribution in [0.3, 0.4) is 0 Å². The van der Waals surface area contributed by atoms with Gasteiger partial charge in [-0.3, -0.25) is 4.79 Å². The molecule has 4 nitrogen and oxygen atoms in total. The number of carbonyl (C=O) groups is 1. The first-order valence-electron chi connectivity index (χ1n) is 5.48. The number of rotatable bonds is 1. The number of amides is 1. The summed E-state index contributed by atoms with van der Waals surface area (Å²) >= 11 is 0. The second-order valence-corrected chi connectivity index (χ2v) is 5.31. The van der Waals surface area contributed by atoms with Crippen molar-refractivity contribution in [1.29, 1.82) is 0 Å². The van der Waals surface area contributed by atoms with E-state index in [1.807, 2.05) is 32.6 Å². The molecular formula is C11H22N2O2. The molecule has 2 N–H and O–H groups in total. The fraction of sp³-hybridized carbons (Fsp3) is 0.909. The van der Waals surface area contributed by atoms with Crippen LogP contribution >= 0.6 is 0 Å². The van der Waals surface area contributed by atoms with Crippen LogP contribution in [0.4, 0.5) is 0 Å². The van der Waals surface area contributed by atoms with E-state index in [0.717, 1.165) is 0 Å². The molecule has 0 bridgehead atoms. The third-order valence-electron chi connectivity index (χ3n) is 2.75. The van der Waals surface area contributed by atoms with Gasteiger partial charge in [-0.2, -0.15) is 0 Å². The molecular weight excluding hydrogens is 192 g/mol. The fourth-order valence-corrected chi connectivity index (χ4v) is 1.59. The summed E-state index contributed by atoms with van der Waals surface area (Å²) in [6.45, 7) is 9.86. The van der Waals surface area contributed by atoms with E-state index in [0.29, 0.717) is 19.7 Å². The average Bonchev–Trinajstić information content (AvgIpc) is 2.14. The van der Waals surface area contributed by atoms with Crippen LogP contribution in [0.1, 0.15) is 27.7 Å². The van der Waals surface area contributed by atoms with Crippen molar-refractivity contribution in [3.63, 3.8) is 0 Å². The van der Waals surface area contributed by atoms with Gasteiger partial charge in [0, 0.05) is 13.1 Å². The maximum absolute atomic E-state index is 12.0. The van der Waals surface area contributed by atoms with Crippen LogP contribution in [0.25, 0.3) is 0 Å². The molecule has 0 aromatic rings. The lowest BCUT2D eigenvalue weighted by Crippen LogP contribution is -2.54. The topological polar surface area (TPSA) is 55.6 Å². The predicted molar refractivity (Wildman–Crippen MR) is 59.4 cm³/mol. The number of nitrogens with two attached hydrogens (primary N) is 1. The number of ether oxygens (including phenoxy) is 1. The molecule has 1 aliphatic rings. The lowest BCUT2D eigenvalue weighted by atomic mass is 9.86. The highest BCUT2D eigenvalue weighted by Crippen LogP contribution is 2.20. The number of carbonyl (C=O) groups excluding carboxylic acids is 1. The Morgan fingerprint density at radius 3 is 2.60 bits per heavy atom. The van der Waals surface area contributed by atoms with Gasteiger partial charge in [0.25, 0.3) is 0 Å². The highest BCUT2D eigenvalue weighted by Gasteiger charge is 2.32. The van der Waals surface area contributed by atoms with Crippen molar-refractivity contribution >= 4 is 5.91 Å². The van der Waals surface area contributed by atoms with Crippen LogP contribution in [0.5, 0.6) is 0 Å². The molecule has 1 aliphatic heterocycles. The van der Waals surface area contributed by atoms with Crippen LogP contribution in [-0.4, -0.2) is 42.6 Å². The number of hydrogen-bond donors (Lipinski definition) is 1. The van der Waals surface area contributed by atoms with Crippen molar-refractivity contribution in [3.05, 3.63) is 0 Å². The van der Waals surface area contributed by atoms with Gasteiger partial charge in [-0.1, -0.05) is 20.8 Å². The summed E-state index contributed by atoms with van der Waals surface area (Å²) in [4.78, 5) is 13.8. The van der Waals surface area contributed by atoms with E-state index >= 15 is 0 Å².